The highest BCUT2D eigenvalue weighted by Gasteiger charge is 2.25. The molecule has 0 aliphatic carbocycles. The zero-order valence-electron chi connectivity index (χ0n) is 9.87. The maximum absolute atomic E-state index is 7.55. The number of nitrogens with one attached hydrogen (secondary N) is 2. The van der Waals surface area contributed by atoms with Gasteiger partial charge in [0.15, 0.2) is 0 Å². The number of anilines is 1. The summed E-state index contributed by atoms with van der Waals surface area (Å²) in [5, 5.41) is 16.2. The Balaban J connectivity index is 2.21. The minimum absolute atomic E-state index is 0.123. The van der Waals surface area contributed by atoms with E-state index in [4.69, 9.17) is 34.3 Å². The van der Waals surface area contributed by atoms with Crippen molar-refractivity contribution in [3.05, 3.63) is 33.8 Å². The third-order valence-electron chi connectivity index (χ3n) is 3.07. The van der Waals surface area contributed by atoms with Gasteiger partial charge in [0.25, 0.3) is 0 Å². The number of nitrogens with two attached hydrogens (primary N) is 1. The standard InChI is InChI=1S/C12H11Cl2N5/c13-6-1-2-7(9(14)5-6)10-8-3-4-17-11(8)19(18-10)12(15)16/h1-2,5,17H,3-4H2,(H3,15,16). The van der Waals surface area contributed by atoms with E-state index >= 15 is 0 Å². The van der Waals surface area contributed by atoms with Crippen LogP contribution in [0.1, 0.15) is 5.56 Å². The quantitative estimate of drug-likeness (QED) is 0.559. The van der Waals surface area contributed by atoms with Crippen molar-refractivity contribution < 1.29 is 0 Å². The summed E-state index contributed by atoms with van der Waals surface area (Å²) >= 11 is 12.1. The molecule has 0 saturated carbocycles. The molecule has 3 rings (SSSR count). The molecule has 5 nitrogen and oxygen atoms in total. The van der Waals surface area contributed by atoms with Crippen LogP contribution >= 0.6 is 23.2 Å². The van der Waals surface area contributed by atoms with Crippen molar-refractivity contribution in [3.63, 3.8) is 0 Å². The molecule has 1 aliphatic heterocycles. The van der Waals surface area contributed by atoms with Crippen molar-refractivity contribution in [3.8, 4) is 11.3 Å². The molecule has 0 spiro atoms. The van der Waals surface area contributed by atoms with E-state index in [1.807, 2.05) is 6.07 Å². The Bertz CT molecular complexity index is 677. The first kappa shape index (κ1) is 12.3. The number of fused-ring (bicyclic) bond motifs is 1. The molecular formula is C12H11Cl2N5. The van der Waals surface area contributed by atoms with Crippen LogP contribution in [0.15, 0.2) is 18.2 Å². The van der Waals surface area contributed by atoms with Gasteiger partial charge >= 0.3 is 0 Å². The second kappa shape index (κ2) is 4.43. The zero-order chi connectivity index (χ0) is 13.6. The number of hydrogen-bond acceptors (Lipinski definition) is 3. The Labute approximate surface area is 119 Å². The first-order valence-electron chi connectivity index (χ1n) is 5.73. The van der Waals surface area contributed by atoms with Gasteiger partial charge in [-0.25, -0.2) is 0 Å². The third-order valence-corrected chi connectivity index (χ3v) is 3.61. The molecule has 0 fully saturated rings. The summed E-state index contributed by atoms with van der Waals surface area (Å²) in [5.74, 6) is 0.649. The van der Waals surface area contributed by atoms with Crippen LogP contribution in [0.5, 0.6) is 0 Å². The molecule has 7 heteroatoms. The number of benzene rings is 1. The molecule has 0 amide bonds. The Morgan fingerprint density at radius 2 is 2.21 bits per heavy atom. The molecule has 0 radical (unpaired) electrons. The van der Waals surface area contributed by atoms with Crippen LogP contribution in [0, 0.1) is 5.41 Å². The van der Waals surface area contributed by atoms with Crippen molar-refractivity contribution in [2.45, 2.75) is 6.42 Å². The Morgan fingerprint density at radius 1 is 1.42 bits per heavy atom. The SMILES string of the molecule is N=C(N)n1nc(-c2ccc(Cl)cc2Cl)c2c1NCC2. The minimum Gasteiger partial charge on any atom is -0.369 e. The molecule has 0 saturated heterocycles. The monoisotopic (exact) mass is 295 g/mol. The second-order valence-electron chi connectivity index (χ2n) is 4.27. The fourth-order valence-corrected chi connectivity index (χ4v) is 2.74. The van der Waals surface area contributed by atoms with Gasteiger partial charge in [0.1, 0.15) is 5.82 Å². The number of halogens is 2. The highest BCUT2D eigenvalue weighted by atomic mass is 35.5. The fourth-order valence-electron chi connectivity index (χ4n) is 2.25. The summed E-state index contributed by atoms with van der Waals surface area (Å²) in [7, 11) is 0. The number of hydrogen-bond donors (Lipinski definition) is 3. The molecule has 1 aromatic heterocycles. The van der Waals surface area contributed by atoms with Crippen LogP contribution < -0.4 is 11.1 Å². The van der Waals surface area contributed by atoms with Gasteiger partial charge < -0.3 is 11.1 Å². The van der Waals surface area contributed by atoms with E-state index in [9.17, 15) is 0 Å². The molecular weight excluding hydrogens is 285 g/mol. The Hall–Kier alpha value is -1.72. The number of rotatable bonds is 1. The lowest BCUT2D eigenvalue weighted by Crippen LogP contribution is -2.23. The highest BCUT2D eigenvalue weighted by molar-refractivity contribution is 6.36. The number of nitrogen functional groups attached to an aromatic ring is 1. The number of nitrogens with zero attached hydrogens (tertiary/aromatic N) is 2. The minimum atomic E-state index is -0.123. The molecule has 4 N–H and O–H groups in total. The summed E-state index contributed by atoms with van der Waals surface area (Å²) in [6.45, 7) is 0.804. The van der Waals surface area contributed by atoms with E-state index in [0.717, 1.165) is 35.6 Å². The summed E-state index contributed by atoms with van der Waals surface area (Å²) in [4.78, 5) is 0. The lowest BCUT2D eigenvalue weighted by molar-refractivity contribution is 0.910. The van der Waals surface area contributed by atoms with E-state index in [-0.39, 0.29) is 5.96 Å². The van der Waals surface area contributed by atoms with Crippen LogP contribution in [-0.2, 0) is 6.42 Å². The molecule has 1 aromatic carbocycles. The molecule has 2 heterocycles. The predicted molar refractivity (Wildman–Crippen MR) is 77.2 cm³/mol. The lowest BCUT2D eigenvalue weighted by Gasteiger charge is -2.04. The topological polar surface area (TPSA) is 79.7 Å². The van der Waals surface area contributed by atoms with Crippen molar-refractivity contribution in [1.29, 1.82) is 5.41 Å². The molecule has 19 heavy (non-hydrogen) atoms. The maximum Gasteiger partial charge on any atom is 0.215 e. The van der Waals surface area contributed by atoms with Gasteiger partial charge in [-0.15, -0.1) is 0 Å². The molecule has 0 atom stereocenters. The third kappa shape index (κ3) is 1.95. The lowest BCUT2D eigenvalue weighted by atomic mass is 10.1. The van der Waals surface area contributed by atoms with Crippen LogP contribution in [0.4, 0.5) is 5.82 Å². The molecule has 0 bridgehead atoms. The Kier molecular flexibility index (Phi) is 2.88. The number of aromatic nitrogens is 2. The summed E-state index contributed by atoms with van der Waals surface area (Å²) in [6, 6.07) is 5.28. The summed E-state index contributed by atoms with van der Waals surface area (Å²) in [5.41, 5.74) is 8.10. The molecule has 0 unspecified atom stereocenters. The molecule has 2 aromatic rings. The Morgan fingerprint density at radius 3 is 2.89 bits per heavy atom. The van der Waals surface area contributed by atoms with Gasteiger partial charge in [-0.3, -0.25) is 5.41 Å². The van der Waals surface area contributed by atoms with Gasteiger partial charge in [-0.1, -0.05) is 23.2 Å². The van der Waals surface area contributed by atoms with E-state index < -0.39 is 0 Å². The maximum atomic E-state index is 7.55. The van der Waals surface area contributed by atoms with E-state index in [1.54, 1.807) is 12.1 Å². The summed E-state index contributed by atoms with van der Waals surface area (Å²) < 4.78 is 1.39. The van der Waals surface area contributed by atoms with Gasteiger partial charge in [-0.05, 0) is 24.6 Å². The van der Waals surface area contributed by atoms with Gasteiger partial charge in [0.2, 0.25) is 5.96 Å². The van der Waals surface area contributed by atoms with Crippen molar-refractivity contribution in [2.75, 3.05) is 11.9 Å². The van der Waals surface area contributed by atoms with Crippen LogP contribution in [-0.4, -0.2) is 22.3 Å². The first-order valence-corrected chi connectivity index (χ1v) is 6.49. The van der Waals surface area contributed by atoms with Crippen molar-refractivity contribution in [2.24, 2.45) is 5.73 Å². The average Bonchev–Trinajstić information content (AvgIpc) is 2.90. The van der Waals surface area contributed by atoms with Crippen LogP contribution in [0.3, 0.4) is 0 Å². The average molecular weight is 296 g/mol. The van der Waals surface area contributed by atoms with E-state index in [1.165, 1.54) is 4.68 Å². The van der Waals surface area contributed by atoms with Crippen LogP contribution in [0.25, 0.3) is 11.3 Å². The van der Waals surface area contributed by atoms with Gasteiger partial charge in [-0.2, -0.15) is 9.78 Å². The normalized spacial score (nSPS) is 13.2. The van der Waals surface area contributed by atoms with E-state index in [2.05, 4.69) is 10.4 Å². The van der Waals surface area contributed by atoms with Crippen LogP contribution in [0.2, 0.25) is 10.0 Å². The highest BCUT2D eigenvalue weighted by Crippen LogP contribution is 2.36. The van der Waals surface area contributed by atoms with Crippen molar-refractivity contribution >= 4 is 35.0 Å². The second-order valence-corrected chi connectivity index (χ2v) is 5.12. The zero-order valence-corrected chi connectivity index (χ0v) is 11.4. The predicted octanol–water partition coefficient (Wildman–Crippen LogP) is 2.57. The van der Waals surface area contributed by atoms with Gasteiger partial charge in [0, 0.05) is 22.7 Å². The molecule has 98 valence electrons. The van der Waals surface area contributed by atoms with Crippen molar-refractivity contribution in [1.82, 2.24) is 9.78 Å². The van der Waals surface area contributed by atoms with Gasteiger partial charge in [0.05, 0.1) is 10.7 Å². The molecule has 1 aliphatic rings. The summed E-state index contributed by atoms with van der Waals surface area (Å²) in [6.07, 6.45) is 0.830. The largest absolute Gasteiger partial charge is 0.369 e. The first-order chi connectivity index (χ1) is 9.08. The van der Waals surface area contributed by atoms with E-state index in [0.29, 0.717) is 10.0 Å². The smallest absolute Gasteiger partial charge is 0.215 e. The fraction of sp³-hybridized carbons (Fsp3) is 0.167.